The summed E-state index contributed by atoms with van der Waals surface area (Å²) < 4.78 is 19.5. The minimum absolute atomic E-state index is 0.215. The lowest BCUT2D eigenvalue weighted by molar-refractivity contribution is -0.0454. The van der Waals surface area contributed by atoms with Gasteiger partial charge in [-0.1, -0.05) is 6.07 Å². The molecule has 2 fully saturated rings. The molecule has 1 N–H and O–H groups in total. The maximum absolute atomic E-state index is 14.0. The molecule has 0 atom stereocenters. The SMILES string of the molecule is O=C1OC2(CCC(F)(CO)CC2)CN1c1ccccn1. The molecule has 0 unspecified atom stereocenters. The Kier molecular flexibility index (Phi) is 3.12. The molecule has 2 aliphatic rings. The highest BCUT2D eigenvalue weighted by Gasteiger charge is 2.51. The Morgan fingerprint density at radius 1 is 1.35 bits per heavy atom. The summed E-state index contributed by atoms with van der Waals surface area (Å²) in [5.74, 6) is 0.550. The highest BCUT2D eigenvalue weighted by atomic mass is 19.1. The van der Waals surface area contributed by atoms with E-state index in [2.05, 4.69) is 4.98 Å². The summed E-state index contributed by atoms with van der Waals surface area (Å²) in [6.07, 6.45) is 2.48. The van der Waals surface area contributed by atoms with Crippen LogP contribution in [-0.4, -0.2) is 40.6 Å². The second-order valence-corrected chi connectivity index (χ2v) is 5.63. The van der Waals surface area contributed by atoms with Crippen molar-refractivity contribution >= 4 is 11.9 Å². The average molecular weight is 280 g/mol. The summed E-state index contributed by atoms with van der Waals surface area (Å²) in [6.45, 7) is -0.0780. The van der Waals surface area contributed by atoms with Crippen LogP contribution in [0.5, 0.6) is 0 Å². The summed E-state index contributed by atoms with van der Waals surface area (Å²) in [4.78, 5) is 17.6. The molecule has 0 bridgehead atoms. The normalized spacial score (nSPS) is 33.5. The number of halogens is 1. The topological polar surface area (TPSA) is 62.7 Å². The molecule has 0 radical (unpaired) electrons. The molecule has 2 heterocycles. The van der Waals surface area contributed by atoms with E-state index in [9.17, 15) is 9.18 Å². The lowest BCUT2D eigenvalue weighted by Gasteiger charge is -2.37. The molecule has 0 aromatic carbocycles. The van der Waals surface area contributed by atoms with E-state index in [1.165, 1.54) is 4.90 Å². The zero-order chi connectivity index (χ0) is 14.2. The van der Waals surface area contributed by atoms with Gasteiger partial charge in [0.2, 0.25) is 0 Å². The van der Waals surface area contributed by atoms with Gasteiger partial charge in [0.1, 0.15) is 17.1 Å². The van der Waals surface area contributed by atoms with E-state index >= 15 is 0 Å². The molecule has 108 valence electrons. The van der Waals surface area contributed by atoms with Crippen LogP contribution in [0, 0.1) is 0 Å². The lowest BCUT2D eigenvalue weighted by Crippen LogP contribution is -2.45. The summed E-state index contributed by atoms with van der Waals surface area (Å²) in [7, 11) is 0. The molecule has 1 saturated carbocycles. The minimum Gasteiger partial charge on any atom is -0.441 e. The van der Waals surface area contributed by atoms with E-state index in [1.807, 2.05) is 0 Å². The number of aliphatic hydroxyl groups is 1. The van der Waals surface area contributed by atoms with Crippen molar-refractivity contribution < 1.29 is 19.0 Å². The Labute approximate surface area is 116 Å². The van der Waals surface area contributed by atoms with Gasteiger partial charge >= 0.3 is 6.09 Å². The smallest absolute Gasteiger partial charge is 0.416 e. The van der Waals surface area contributed by atoms with Crippen molar-refractivity contribution in [2.45, 2.75) is 37.0 Å². The number of hydrogen-bond acceptors (Lipinski definition) is 4. The zero-order valence-corrected chi connectivity index (χ0v) is 11.1. The van der Waals surface area contributed by atoms with E-state index in [-0.39, 0.29) is 12.8 Å². The second-order valence-electron chi connectivity index (χ2n) is 5.63. The van der Waals surface area contributed by atoms with Crippen LogP contribution in [0.25, 0.3) is 0 Å². The van der Waals surface area contributed by atoms with Crippen LogP contribution >= 0.6 is 0 Å². The number of carbonyl (C=O) groups excluding carboxylic acids is 1. The van der Waals surface area contributed by atoms with Gasteiger partial charge in [-0.2, -0.15) is 0 Å². The molecule has 1 aliphatic carbocycles. The third-order valence-electron chi connectivity index (χ3n) is 4.24. The van der Waals surface area contributed by atoms with Crippen molar-refractivity contribution in [2.24, 2.45) is 0 Å². The van der Waals surface area contributed by atoms with Crippen LogP contribution in [0.4, 0.5) is 15.0 Å². The number of rotatable bonds is 2. The van der Waals surface area contributed by atoms with Crippen molar-refractivity contribution in [2.75, 3.05) is 18.1 Å². The highest BCUT2D eigenvalue weighted by molar-refractivity contribution is 5.89. The Morgan fingerprint density at radius 2 is 2.10 bits per heavy atom. The van der Waals surface area contributed by atoms with Gasteiger partial charge in [0.25, 0.3) is 0 Å². The van der Waals surface area contributed by atoms with Gasteiger partial charge in [-0.15, -0.1) is 0 Å². The van der Waals surface area contributed by atoms with Crippen molar-refractivity contribution in [1.82, 2.24) is 4.98 Å². The Bertz CT molecular complexity index is 500. The average Bonchev–Trinajstić information content (AvgIpc) is 2.81. The van der Waals surface area contributed by atoms with Gasteiger partial charge in [0.15, 0.2) is 0 Å². The quantitative estimate of drug-likeness (QED) is 0.900. The van der Waals surface area contributed by atoms with Gasteiger partial charge in [-0.05, 0) is 37.8 Å². The molecule has 1 aliphatic heterocycles. The molecule has 1 spiro atoms. The molecular weight excluding hydrogens is 263 g/mol. The molecule has 20 heavy (non-hydrogen) atoms. The standard InChI is InChI=1S/C14H17FN2O3/c15-13(10-18)4-6-14(7-5-13)9-17(12(19)20-14)11-3-1-2-8-16-11/h1-3,8,18H,4-7,9-10H2. The molecule has 1 aromatic heterocycles. The number of aliphatic hydroxyl groups excluding tert-OH is 1. The van der Waals surface area contributed by atoms with Crippen LogP contribution < -0.4 is 4.90 Å². The summed E-state index contributed by atoms with van der Waals surface area (Å²) >= 11 is 0. The third kappa shape index (κ3) is 2.24. The van der Waals surface area contributed by atoms with E-state index in [0.717, 1.165) is 0 Å². The number of anilines is 1. The fourth-order valence-corrected chi connectivity index (χ4v) is 2.89. The van der Waals surface area contributed by atoms with Crippen LogP contribution in [-0.2, 0) is 4.74 Å². The van der Waals surface area contributed by atoms with Crippen molar-refractivity contribution in [3.63, 3.8) is 0 Å². The number of pyridine rings is 1. The van der Waals surface area contributed by atoms with Crippen molar-refractivity contribution in [3.05, 3.63) is 24.4 Å². The van der Waals surface area contributed by atoms with Crippen LogP contribution in [0.3, 0.4) is 0 Å². The number of carbonyl (C=O) groups is 1. The first kappa shape index (κ1) is 13.3. The number of hydrogen-bond donors (Lipinski definition) is 1. The van der Waals surface area contributed by atoms with E-state index < -0.39 is 24.0 Å². The maximum atomic E-state index is 14.0. The first-order valence-corrected chi connectivity index (χ1v) is 6.77. The van der Waals surface area contributed by atoms with E-state index in [4.69, 9.17) is 9.84 Å². The van der Waals surface area contributed by atoms with Gasteiger partial charge in [0.05, 0.1) is 13.2 Å². The van der Waals surface area contributed by atoms with Crippen molar-refractivity contribution in [3.8, 4) is 0 Å². The highest BCUT2D eigenvalue weighted by Crippen LogP contribution is 2.43. The number of aromatic nitrogens is 1. The number of alkyl halides is 1. The van der Waals surface area contributed by atoms with Crippen LogP contribution in [0.2, 0.25) is 0 Å². The van der Waals surface area contributed by atoms with Gasteiger partial charge in [0, 0.05) is 6.20 Å². The van der Waals surface area contributed by atoms with Gasteiger partial charge in [-0.25, -0.2) is 14.2 Å². The van der Waals surface area contributed by atoms with Gasteiger partial charge < -0.3 is 9.84 Å². The Hall–Kier alpha value is -1.69. The molecule has 5 nitrogen and oxygen atoms in total. The predicted molar refractivity (Wildman–Crippen MR) is 70.2 cm³/mol. The second kappa shape index (κ2) is 4.70. The molecular formula is C14H17FN2O3. The number of amides is 1. The summed E-state index contributed by atoms with van der Waals surface area (Å²) in [6, 6.07) is 5.33. The summed E-state index contributed by atoms with van der Waals surface area (Å²) in [5, 5.41) is 9.06. The summed E-state index contributed by atoms with van der Waals surface area (Å²) in [5.41, 5.74) is -2.17. The lowest BCUT2D eigenvalue weighted by atomic mass is 9.77. The monoisotopic (exact) mass is 280 g/mol. The molecule has 1 amide bonds. The fourth-order valence-electron chi connectivity index (χ4n) is 2.89. The van der Waals surface area contributed by atoms with Gasteiger partial charge in [-0.3, -0.25) is 4.90 Å². The van der Waals surface area contributed by atoms with E-state index in [0.29, 0.717) is 25.2 Å². The zero-order valence-electron chi connectivity index (χ0n) is 11.1. The number of nitrogens with zero attached hydrogens (tertiary/aromatic N) is 2. The molecule has 1 aromatic rings. The van der Waals surface area contributed by atoms with Crippen molar-refractivity contribution in [1.29, 1.82) is 0 Å². The first-order valence-electron chi connectivity index (χ1n) is 6.77. The Morgan fingerprint density at radius 3 is 2.70 bits per heavy atom. The fraction of sp³-hybridized carbons (Fsp3) is 0.571. The Balaban J connectivity index is 1.75. The van der Waals surface area contributed by atoms with Crippen LogP contribution in [0.15, 0.2) is 24.4 Å². The largest absolute Gasteiger partial charge is 0.441 e. The molecule has 6 heteroatoms. The van der Waals surface area contributed by atoms with Crippen LogP contribution in [0.1, 0.15) is 25.7 Å². The predicted octanol–water partition coefficient (Wildman–Crippen LogP) is 2.05. The third-order valence-corrected chi connectivity index (χ3v) is 4.24. The maximum Gasteiger partial charge on any atom is 0.416 e. The van der Waals surface area contributed by atoms with E-state index in [1.54, 1.807) is 24.4 Å². The molecule has 3 rings (SSSR count). The number of ether oxygens (including phenoxy) is 1. The first-order chi connectivity index (χ1) is 9.56. The molecule has 1 saturated heterocycles. The minimum atomic E-state index is -1.53.